The van der Waals surface area contributed by atoms with Crippen molar-refractivity contribution >= 4 is 17.8 Å². The molecule has 0 aliphatic heterocycles. The highest BCUT2D eigenvalue weighted by atomic mass is 16.5. The molecule has 0 unspecified atom stereocenters. The monoisotopic (exact) mass is 312 g/mol. The van der Waals surface area contributed by atoms with E-state index in [-0.39, 0.29) is 17.8 Å². The van der Waals surface area contributed by atoms with Crippen molar-refractivity contribution in [1.82, 2.24) is 10.2 Å². The number of carbonyl (C=O) groups is 3. The zero-order chi connectivity index (χ0) is 17.0. The van der Waals surface area contributed by atoms with Crippen LogP contribution in [0.15, 0.2) is 12.2 Å². The molecule has 22 heavy (non-hydrogen) atoms. The smallest absolute Gasteiger partial charge is 0.333 e. The Morgan fingerprint density at radius 2 is 1.59 bits per heavy atom. The van der Waals surface area contributed by atoms with Gasteiger partial charge in [-0.2, -0.15) is 0 Å². The molecule has 0 saturated carbocycles. The van der Waals surface area contributed by atoms with E-state index in [9.17, 15) is 14.4 Å². The Morgan fingerprint density at radius 1 is 1.00 bits per heavy atom. The first-order valence-corrected chi connectivity index (χ1v) is 7.67. The van der Waals surface area contributed by atoms with Crippen molar-refractivity contribution in [2.75, 3.05) is 26.2 Å². The highest BCUT2D eigenvalue weighted by Gasteiger charge is 2.08. The molecule has 0 radical (unpaired) electrons. The summed E-state index contributed by atoms with van der Waals surface area (Å²) in [4.78, 5) is 35.2. The van der Waals surface area contributed by atoms with Gasteiger partial charge in [0.2, 0.25) is 11.8 Å². The Labute approximate surface area is 132 Å². The van der Waals surface area contributed by atoms with Gasteiger partial charge >= 0.3 is 5.97 Å². The molecule has 0 fully saturated rings. The third kappa shape index (κ3) is 10.9. The van der Waals surface area contributed by atoms with Crippen LogP contribution in [-0.4, -0.2) is 48.9 Å². The summed E-state index contributed by atoms with van der Waals surface area (Å²) in [6.45, 7) is 10.5. The van der Waals surface area contributed by atoms with E-state index in [1.165, 1.54) is 6.92 Å². The van der Waals surface area contributed by atoms with E-state index in [0.29, 0.717) is 38.2 Å². The molecule has 0 rings (SSSR count). The third-order valence-electron chi connectivity index (χ3n) is 3.08. The molecule has 0 bridgehead atoms. The molecule has 0 heterocycles. The lowest BCUT2D eigenvalue weighted by Crippen LogP contribution is -2.31. The Balaban J connectivity index is 3.77. The summed E-state index contributed by atoms with van der Waals surface area (Å²) in [7, 11) is 0. The summed E-state index contributed by atoms with van der Waals surface area (Å²) in [5.74, 6) is -0.368. The second kappa shape index (κ2) is 11.8. The SMILES string of the molecule is C=C(C)C(=O)OCCCCN(CCCCNC(C)=O)C(C)=O. The van der Waals surface area contributed by atoms with E-state index < -0.39 is 0 Å². The average molecular weight is 312 g/mol. The summed E-state index contributed by atoms with van der Waals surface area (Å²) in [6.07, 6.45) is 3.20. The zero-order valence-corrected chi connectivity index (χ0v) is 13.9. The van der Waals surface area contributed by atoms with Crippen molar-refractivity contribution in [3.63, 3.8) is 0 Å². The summed E-state index contributed by atoms with van der Waals surface area (Å²) < 4.78 is 5.00. The topological polar surface area (TPSA) is 75.7 Å². The predicted octanol–water partition coefficient (Wildman–Crippen LogP) is 1.65. The lowest BCUT2D eigenvalue weighted by molar-refractivity contribution is -0.139. The molecule has 126 valence electrons. The fourth-order valence-electron chi connectivity index (χ4n) is 1.81. The van der Waals surface area contributed by atoms with Crippen LogP contribution in [0.1, 0.15) is 46.5 Å². The Bertz CT molecular complexity index is 394. The van der Waals surface area contributed by atoms with Crippen LogP contribution in [0.25, 0.3) is 0 Å². The molecule has 0 saturated heterocycles. The predicted molar refractivity (Wildman–Crippen MR) is 85.2 cm³/mol. The highest BCUT2D eigenvalue weighted by Crippen LogP contribution is 2.01. The number of unbranched alkanes of at least 4 members (excludes halogenated alkanes) is 2. The number of hydrogen-bond acceptors (Lipinski definition) is 4. The normalized spacial score (nSPS) is 9.95. The van der Waals surface area contributed by atoms with Gasteiger partial charge in [-0.15, -0.1) is 0 Å². The molecule has 1 N–H and O–H groups in total. The molecule has 0 spiro atoms. The maximum absolute atomic E-state index is 11.5. The molecule has 6 heteroatoms. The first-order chi connectivity index (χ1) is 10.3. The van der Waals surface area contributed by atoms with Crippen molar-refractivity contribution in [1.29, 1.82) is 0 Å². The van der Waals surface area contributed by atoms with Gasteiger partial charge in [0.1, 0.15) is 0 Å². The number of esters is 1. The average Bonchev–Trinajstić information content (AvgIpc) is 2.43. The third-order valence-corrected chi connectivity index (χ3v) is 3.08. The van der Waals surface area contributed by atoms with Crippen LogP contribution in [0.3, 0.4) is 0 Å². The van der Waals surface area contributed by atoms with E-state index in [0.717, 1.165) is 19.3 Å². The number of nitrogens with one attached hydrogen (secondary N) is 1. The number of ether oxygens (including phenoxy) is 1. The fraction of sp³-hybridized carbons (Fsp3) is 0.688. The molecule has 0 aromatic heterocycles. The number of hydrogen-bond donors (Lipinski definition) is 1. The van der Waals surface area contributed by atoms with Crippen LogP contribution in [0.2, 0.25) is 0 Å². The molecule has 0 aromatic carbocycles. The van der Waals surface area contributed by atoms with Crippen LogP contribution in [0.4, 0.5) is 0 Å². The van der Waals surface area contributed by atoms with Crippen LogP contribution >= 0.6 is 0 Å². The number of amides is 2. The van der Waals surface area contributed by atoms with Gasteiger partial charge in [-0.1, -0.05) is 6.58 Å². The fourth-order valence-corrected chi connectivity index (χ4v) is 1.81. The number of nitrogens with zero attached hydrogens (tertiary/aromatic N) is 1. The number of carbonyl (C=O) groups excluding carboxylic acids is 3. The van der Waals surface area contributed by atoms with Crippen LogP contribution < -0.4 is 5.32 Å². The summed E-state index contributed by atoms with van der Waals surface area (Å²) in [5, 5.41) is 2.73. The molecule has 0 aliphatic rings. The molecule has 2 amide bonds. The van der Waals surface area contributed by atoms with Gasteiger partial charge in [0, 0.05) is 39.1 Å². The van der Waals surface area contributed by atoms with Gasteiger partial charge in [-0.3, -0.25) is 9.59 Å². The first-order valence-electron chi connectivity index (χ1n) is 7.67. The van der Waals surface area contributed by atoms with Crippen LogP contribution in [0.5, 0.6) is 0 Å². The van der Waals surface area contributed by atoms with Crippen molar-refractivity contribution in [3.8, 4) is 0 Å². The quantitative estimate of drug-likeness (QED) is 0.357. The lowest BCUT2D eigenvalue weighted by atomic mass is 10.2. The van der Waals surface area contributed by atoms with Crippen molar-refractivity contribution < 1.29 is 19.1 Å². The second-order valence-electron chi connectivity index (χ2n) is 5.32. The molecule has 0 atom stereocenters. The standard InChI is InChI=1S/C16H28N2O4/c1-13(2)16(21)22-12-8-7-11-18(15(4)20)10-6-5-9-17-14(3)19/h1,5-12H2,2-4H3,(H,17,19). The van der Waals surface area contributed by atoms with E-state index in [4.69, 9.17) is 4.74 Å². The lowest BCUT2D eigenvalue weighted by Gasteiger charge is -2.21. The summed E-state index contributed by atoms with van der Waals surface area (Å²) in [6, 6.07) is 0. The van der Waals surface area contributed by atoms with Crippen LogP contribution in [-0.2, 0) is 19.1 Å². The minimum atomic E-state index is -0.374. The van der Waals surface area contributed by atoms with Crippen molar-refractivity contribution in [2.45, 2.75) is 46.5 Å². The first kappa shape index (κ1) is 20.1. The highest BCUT2D eigenvalue weighted by molar-refractivity contribution is 5.86. The van der Waals surface area contributed by atoms with Gasteiger partial charge in [-0.05, 0) is 32.6 Å². The van der Waals surface area contributed by atoms with Crippen LogP contribution in [0, 0.1) is 0 Å². The minimum Gasteiger partial charge on any atom is -0.462 e. The van der Waals surface area contributed by atoms with Gasteiger partial charge in [0.15, 0.2) is 0 Å². The Kier molecular flexibility index (Phi) is 10.8. The van der Waals surface area contributed by atoms with E-state index in [1.54, 1.807) is 18.7 Å². The Morgan fingerprint density at radius 3 is 2.09 bits per heavy atom. The van der Waals surface area contributed by atoms with E-state index in [2.05, 4.69) is 11.9 Å². The van der Waals surface area contributed by atoms with Gasteiger partial charge in [-0.25, -0.2) is 4.79 Å². The zero-order valence-electron chi connectivity index (χ0n) is 13.9. The second-order valence-corrected chi connectivity index (χ2v) is 5.32. The molecule has 0 aromatic rings. The van der Waals surface area contributed by atoms with Crippen molar-refractivity contribution in [2.24, 2.45) is 0 Å². The number of rotatable bonds is 11. The van der Waals surface area contributed by atoms with Gasteiger partial charge in [0.25, 0.3) is 0 Å². The van der Waals surface area contributed by atoms with E-state index >= 15 is 0 Å². The molecule has 6 nitrogen and oxygen atoms in total. The minimum absolute atomic E-state index is 0.0345. The van der Waals surface area contributed by atoms with E-state index in [1.807, 2.05) is 0 Å². The maximum atomic E-state index is 11.5. The largest absolute Gasteiger partial charge is 0.462 e. The molecule has 0 aliphatic carbocycles. The maximum Gasteiger partial charge on any atom is 0.333 e. The van der Waals surface area contributed by atoms with Gasteiger partial charge in [0.05, 0.1) is 6.61 Å². The summed E-state index contributed by atoms with van der Waals surface area (Å²) in [5.41, 5.74) is 0.393. The van der Waals surface area contributed by atoms with Crippen molar-refractivity contribution in [3.05, 3.63) is 12.2 Å². The summed E-state index contributed by atoms with van der Waals surface area (Å²) >= 11 is 0. The Hall–Kier alpha value is -1.85. The molecular formula is C16H28N2O4. The molecular weight excluding hydrogens is 284 g/mol. The van der Waals surface area contributed by atoms with Gasteiger partial charge < -0.3 is 15.0 Å².